The first kappa shape index (κ1) is 12.8. The summed E-state index contributed by atoms with van der Waals surface area (Å²) in [7, 11) is 0. The van der Waals surface area contributed by atoms with Crippen LogP contribution in [0.15, 0.2) is 0 Å². The second kappa shape index (κ2) is 5.30. The second-order valence-corrected chi connectivity index (χ2v) is 4.92. The van der Waals surface area contributed by atoms with Gasteiger partial charge in [-0.2, -0.15) is 0 Å². The lowest BCUT2D eigenvalue weighted by molar-refractivity contribution is -0.127. The van der Waals surface area contributed by atoms with Gasteiger partial charge >= 0.3 is 0 Å². The molecular formula is C11H20N2O4. The molecule has 1 aliphatic heterocycles. The molecule has 0 spiro atoms. The maximum atomic E-state index is 11.6. The van der Waals surface area contributed by atoms with E-state index in [-0.39, 0.29) is 25.0 Å². The van der Waals surface area contributed by atoms with E-state index in [4.69, 9.17) is 5.11 Å². The summed E-state index contributed by atoms with van der Waals surface area (Å²) >= 11 is 0. The lowest BCUT2D eigenvalue weighted by Gasteiger charge is -2.25. The van der Waals surface area contributed by atoms with Crippen molar-refractivity contribution in [2.24, 2.45) is 5.92 Å². The third-order valence-corrected chi connectivity index (χ3v) is 3.77. The van der Waals surface area contributed by atoms with E-state index in [1.54, 1.807) is 0 Å². The van der Waals surface area contributed by atoms with E-state index in [9.17, 15) is 15.0 Å². The van der Waals surface area contributed by atoms with Gasteiger partial charge in [-0.3, -0.25) is 4.79 Å². The summed E-state index contributed by atoms with van der Waals surface area (Å²) in [6.07, 6.45) is 1.05. The number of amides is 1. The van der Waals surface area contributed by atoms with Crippen molar-refractivity contribution in [1.29, 1.82) is 0 Å². The average molecular weight is 244 g/mol. The van der Waals surface area contributed by atoms with Crippen LogP contribution in [0.5, 0.6) is 0 Å². The Bertz CT molecular complexity index is 283. The van der Waals surface area contributed by atoms with Crippen LogP contribution in [0.25, 0.3) is 0 Å². The predicted molar refractivity (Wildman–Crippen MR) is 60.2 cm³/mol. The molecule has 1 amide bonds. The molecule has 0 radical (unpaired) electrons. The van der Waals surface area contributed by atoms with Gasteiger partial charge in [0.25, 0.3) is 0 Å². The van der Waals surface area contributed by atoms with Crippen molar-refractivity contribution in [2.45, 2.75) is 43.6 Å². The Labute approximate surface area is 100 Å². The minimum absolute atomic E-state index is 0.0205. The molecule has 0 aromatic carbocycles. The van der Waals surface area contributed by atoms with Crippen molar-refractivity contribution in [3.63, 3.8) is 0 Å². The van der Waals surface area contributed by atoms with Crippen LogP contribution in [0, 0.1) is 5.92 Å². The van der Waals surface area contributed by atoms with E-state index >= 15 is 0 Å². The molecule has 98 valence electrons. The van der Waals surface area contributed by atoms with Crippen molar-refractivity contribution in [1.82, 2.24) is 10.6 Å². The van der Waals surface area contributed by atoms with Gasteiger partial charge in [-0.25, -0.2) is 0 Å². The maximum absolute atomic E-state index is 11.6. The first-order chi connectivity index (χ1) is 8.13. The standard InChI is InChI=1S/C11H20N2O4/c14-5-8-10(16)9(15)7(13-8)4-12-11(17)6-2-1-3-6/h6-10,13-16H,1-5H2,(H,12,17)/t7-,8-,9-,10+/m1/s1. The molecular weight excluding hydrogens is 224 g/mol. The number of hydrogen-bond donors (Lipinski definition) is 5. The highest BCUT2D eigenvalue weighted by atomic mass is 16.3. The monoisotopic (exact) mass is 244 g/mol. The molecule has 1 heterocycles. The number of hydrogen-bond acceptors (Lipinski definition) is 5. The van der Waals surface area contributed by atoms with Gasteiger partial charge in [0.2, 0.25) is 5.91 Å². The van der Waals surface area contributed by atoms with E-state index in [1.807, 2.05) is 0 Å². The minimum atomic E-state index is -0.981. The highest BCUT2D eigenvalue weighted by molar-refractivity contribution is 5.79. The Kier molecular flexibility index (Phi) is 3.98. The number of nitrogens with one attached hydrogen (secondary N) is 2. The fourth-order valence-electron chi connectivity index (χ4n) is 2.31. The van der Waals surface area contributed by atoms with Gasteiger partial charge < -0.3 is 26.0 Å². The van der Waals surface area contributed by atoms with Crippen molar-refractivity contribution >= 4 is 5.91 Å². The van der Waals surface area contributed by atoms with Crippen molar-refractivity contribution in [3.05, 3.63) is 0 Å². The van der Waals surface area contributed by atoms with Crippen LogP contribution in [0.2, 0.25) is 0 Å². The summed E-state index contributed by atoms with van der Waals surface area (Å²) in [5.74, 6) is 0.138. The molecule has 5 N–H and O–H groups in total. The van der Waals surface area contributed by atoms with Crippen LogP contribution in [0.1, 0.15) is 19.3 Å². The molecule has 2 fully saturated rings. The summed E-state index contributed by atoms with van der Waals surface area (Å²) in [5.41, 5.74) is 0. The molecule has 1 aliphatic carbocycles. The zero-order valence-electron chi connectivity index (χ0n) is 9.67. The Morgan fingerprint density at radius 2 is 1.88 bits per heavy atom. The largest absolute Gasteiger partial charge is 0.395 e. The van der Waals surface area contributed by atoms with Gasteiger partial charge in [0.1, 0.15) is 0 Å². The van der Waals surface area contributed by atoms with E-state index in [0.29, 0.717) is 0 Å². The smallest absolute Gasteiger partial charge is 0.223 e. The summed E-state index contributed by atoms with van der Waals surface area (Å²) in [6.45, 7) is 0.0510. The molecule has 17 heavy (non-hydrogen) atoms. The van der Waals surface area contributed by atoms with Gasteiger partial charge in [-0.15, -0.1) is 0 Å². The van der Waals surface area contributed by atoms with E-state index < -0.39 is 24.3 Å². The number of carbonyl (C=O) groups excluding carboxylic acids is 1. The van der Waals surface area contributed by atoms with Crippen LogP contribution in [-0.4, -0.2) is 58.7 Å². The van der Waals surface area contributed by atoms with Gasteiger partial charge in [0.05, 0.1) is 30.9 Å². The first-order valence-corrected chi connectivity index (χ1v) is 6.14. The van der Waals surface area contributed by atoms with Gasteiger partial charge in [-0.1, -0.05) is 6.42 Å². The molecule has 1 saturated carbocycles. The number of aliphatic hydroxyl groups excluding tert-OH is 3. The second-order valence-electron chi connectivity index (χ2n) is 4.92. The van der Waals surface area contributed by atoms with Crippen LogP contribution in [0.4, 0.5) is 0 Å². The summed E-state index contributed by atoms with van der Waals surface area (Å²) in [4.78, 5) is 11.6. The SMILES string of the molecule is O=C(NC[C@H]1N[C@H](CO)[C@H](O)[C@@H]1O)C1CCC1. The zero-order chi connectivity index (χ0) is 12.4. The van der Waals surface area contributed by atoms with Gasteiger partial charge in [0, 0.05) is 12.5 Å². The molecule has 4 atom stereocenters. The number of carbonyl (C=O) groups is 1. The maximum Gasteiger partial charge on any atom is 0.223 e. The van der Waals surface area contributed by atoms with Crippen LogP contribution < -0.4 is 10.6 Å². The molecule has 2 aliphatic rings. The van der Waals surface area contributed by atoms with Crippen molar-refractivity contribution in [3.8, 4) is 0 Å². The normalized spacial score (nSPS) is 37.8. The molecule has 1 saturated heterocycles. The predicted octanol–water partition coefficient (Wildman–Crippen LogP) is -2.04. The van der Waals surface area contributed by atoms with E-state index in [2.05, 4.69) is 10.6 Å². The molecule has 0 unspecified atom stereocenters. The van der Waals surface area contributed by atoms with E-state index in [1.165, 1.54) is 0 Å². The topological polar surface area (TPSA) is 102 Å². The minimum Gasteiger partial charge on any atom is -0.395 e. The Hall–Kier alpha value is -0.690. The lowest BCUT2D eigenvalue weighted by Crippen LogP contribution is -2.46. The summed E-state index contributed by atoms with van der Waals surface area (Å²) in [6, 6.07) is -0.915. The Morgan fingerprint density at radius 3 is 2.35 bits per heavy atom. The van der Waals surface area contributed by atoms with Crippen LogP contribution in [0.3, 0.4) is 0 Å². The fraction of sp³-hybridized carbons (Fsp3) is 0.909. The van der Waals surface area contributed by atoms with Crippen molar-refractivity contribution in [2.75, 3.05) is 13.2 Å². The molecule has 6 nitrogen and oxygen atoms in total. The zero-order valence-corrected chi connectivity index (χ0v) is 9.67. The number of rotatable bonds is 4. The molecule has 2 rings (SSSR count). The molecule has 0 aromatic heterocycles. The molecule has 0 bridgehead atoms. The summed E-state index contributed by atoms with van der Waals surface area (Å²) in [5, 5.41) is 33.9. The average Bonchev–Trinajstić information content (AvgIpc) is 2.51. The Morgan fingerprint density at radius 1 is 1.24 bits per heavy atom. The first-order valence-electron chi connectivity index (χ1n) is 6.14. The Balaban J connectivity index is 1.77. The quantitative estimate of drug-likeness (QED) is 0.392. The molecule has 6 heteroatoms. The number of aliphatic hydroxyl groups is 3. The highest BCUT2D eigenvalue weighted by Gasteiger charge is 2.40. The van der Waals surface area contributed by atoms with Gasteiger partial charge in [-0.05, 0) is 12.8 Å². The molecule has 0 aromatic rings. The summed E-state index contributed by atoms with van der Waals surface area (Å²) < 4.78 is 0. The third-order valence-electron chi connectivity index (χ3n) is 3.77. The van der Waals surface area contributed by atoms with Gasteiger partial charge in [0.15, 0.2) is 0 Å². The highest BCUT2D eigenvalue weighted by Crippen LogP contribution is 2.26. The lowest BCUT2D eigenvalue weighted by atomic mass is 9.85. The third kappa shape index (κ3) is 2.60. The van der Waals surface area contributed by atoms with Crippen LogP contribution >= 0.6 is 0 Å². The van der Waals surface area contributed by atoms with Crippen LogP contribution in [-0.2, 0) is 4.79 Å². The fourth-order valence-corrected chi connectivity index (χ4v) is 2.31. The van der Waals surface area contributed by atoms with E-state index in [0.717, 1.165) is 19.3 Å². The van der Waals surface area contributed by atoms with Crippen molar-refractivity contribution < 1.29 is 20.1 Å².